The Kier molecular flexibility index (Phi) is 5.00. The molecule has 0 aromatic carbocycles. The van der Waals surface area contributed by atoms with E-state index in [1.807, 2.05) is 36.1 Å². The third kappa shape index (κ3) is 3.60. The molecule has 34 heavy (non-hydrogen) atoms. The van der Waals surface area contributed by atoms with E-state index in [1.165, 1.54) is 11.3 Å². The molecule has 4 N–H and O–H groups in total. The number of aromatic nitrogens is 2. The minimum atomic E-state index is -2.66. The van der Waals surface area contributed by atoms with E-state index in [2.05, 4.69) is 15.6 Å². The molecular weight excluding hydrogens is 458 g/mol. The number of nitrogen functional groups attached to an aromatic ring is 1. The summed E-state index contributed by atoms with van der Waals surface area (Å²) in [5, 5.41) is 6.89. The second-order valence-corrected chi connectivity index (χ2v) is 10.6. The molecule has 3 aromatic heterocycles. The Hall–Kier alpha value is -2.85. The number of anilines is 2. The first-order chi connectivity index (χ1) is 16.3. The maximum absolute atomic E-state index is 14.1. The number of aryl methyl sites for hydroxylation is 2. The van der Waals surface area contributed by atoms with Crippen molar-refractivity contribution in [3.8, 4) is 0 Å². The van der Waals surface area contributed by atoms with Crippen LogP contribution in [0.1, 0.15) is 33.0 Å². The second kappa shape index (κ2) is 7.84. The molecule has 1 amide bonds. The van der Waals surface area contributed by atoms with Crippen LogP contribution in [0.2, 0.25) is 0 Å². The quantitative estimate of drug-likeness (QED) is 0.529. The molecule has 0 unspecified atom stereocenters. The number of rotatable bonds is 3. The minimum Gasteiger partial charge on any atom is -0.397 e. The van der Waals surface area contributed by atoms with E-state index in [0.717, 1.165) is 45.8 Å². The van der Waals surface area contributed by atoms with Crippen LogP contribution in [-0.4, -0.2) is 53.5 Å². The van der Waals surface area contributed by atoms with E-state index in [9.17, 15) is 13.6 Å². The van der Waals surface area contributed by atoms with Crippen LogP contribution in [-0.2, 0) is 12.8 Å². The van der Waals surface area contributed by atoms with Crippen molar-refractivity contribution in [2.75, 3.05) is 30.3 Å². The van der Waals surface area contributed by atoms with Gasteiger partial charge < -0.3 is 21.3 Å². The molecule has 0 radical (unpaired) electrons. The van der Waals surface area contributed by atoms with E-state index in [0.29, 0.717) is 30.1 Å². The van der Waals surface area contributed by atoms with Gasteiger partial charge in [0.2, 0.25) is 0 Å². The van der Waals surface area contributed by atoms with Gasteiger partial charge in [-0.15, -0.1) is 11.3 Å². The van der Waals surface area contributed by atoms with Gasteiger partial charge in [-0.3, -0.25) is 4.79 Å². The molecule has 3 aromatic rings. The average Bonchev–Trinajstić information content (AvgIpc) is 3.47. The van der Waals surface area contributed by atoms with Crippen LogP contribution in [0.4, 0.5) is 20.3 Å². The predicted molar refractivity (Wildman–Crippen MR) is 129 cm³/mol. The van der Waals surface area contributed by atoms with Gasteiger partial charge in [0, 0.05) is 41.9 Å². The van der Waals surface area contributed by atoms with Crippen LogP contribution in [0.5, 0.6) is 0 Å². The molecule has 0 saturated carbocycles. The molecule has 7 nitrogen and oxygen atoms in total. The number of fused-ring (bicyclic) bond motifs is 3. The van der Waals surface area contributed by atoms with Gasteiger partial charge in [-0.05, 0) is 49.9 Å². The highest BCUT2D eigenvalue weighted by Crippen LogP contribution is 2.39. The number of hydrogen-bond donors (Lipinski definition) is 3. The Labute approximate surface area is 199 Å². The van der Waals surface area contributed by atoms with Gasteiger partial charge in [-0.1, -0.05) is 6.07 Å². The van der Waals surface area contributed by atoms with Crippen LogP contribution in [0.25, 0.3) is 10.2 Å². The zero-order valence-electron chi connectivity index (χ0n) is 18.8. The Morgan fingerprint density at radius 2 is 2.12 bits per heavy atom. The van der Waals surface area contributed by atoms with Crippen LogP contribution < -0.4 is 21.3 Å². The molecule has 2 fully saturated rings. The Bertz CT molecular complexity index is 1290. The summed E-state index contributed by atoms with van der Waals surface area (Å²) in [7, 11) is 0. The molecule has 2 saturated heterocycles. The maximum atomic E-state index is 14.1. The van der Waals surface area contributed by atoms with Crippen LogP contribution in [0.15, 0.2) is 24.3 Å². The van der Waals surface area contributed by atoms with Crippen LogP contribution in [0.3, 0.4) is 0 Å². The van der Waals surface area contributed by atoms with E-state index in [-0.39, 0.29) is 24.5 Å². The SMILES string of the molecule is Cc1ccc2c(N)c(C(=O)N[C@H]3CCc4nc(N5C[C@@H]6NCC(F)(F)[C@@H]6C5)ccc4C3)sc2n1. The van der Waals surface area contributed by atoms with Crippen molar-refractivity contribution in [3.05, 3.63) is 46.1 Å². The lowest BCUT2D eigenvalue weighted by Gasteiger charge is -2.27. The smallest absolute Gasteiger partial charge is 0.266 e. The summed E-state index contributed by atoms with van der Waals surface area (Å²) in [6.07, 6.45) is 2.18. The lowest BCUT2D eigenvalue weighted by Crippen LogP contribution is -2.39. The maximum Gasteiger partial charge on any atom is 0.266 e. The first kappa shape index (κ1) is 21.7. The number of carbonyl (C=O) groups excluding carboxylic acids is 1. The Balaban J connectivity index is 1.14. The summed E-state index contributed by atoms with van der Waals surface area (Å²) in [6.45, 7) is 2.55. The van der Waals surface area contributed by atoms with Gasteiger partial charge in [-0.2, -0.15) is 0 Å². The van der Waals surface area contributed by atoms with Crippen molar-refractivity contribution in [3.63, 3.8) is 0 Å². The molecule has 1 aliphatic carbocycles. The lowest BCUT2D eigenvalue weighted by molar-refractivity contribution is -0.0184. The number of amides is 1. The Morgan fingerprint density at radius 3 is 2.94 bits per heavy atom. The number of thiophene rings is 1. The van der Waals surface area contributed by atoms with Crippen molar-refractivity contribution in [2.24, 2.45) is 5.92 Å². The summed E-state index contributed by atoms with van der Waals surface area (Å²) in [5.74, 6) is -2.74. The zero-order chi connectivity index (χ0) is 23.6. The molecule has 6 rings (SSSR count). The summed E-state index contributed by atoms with van der Waals surface area (Å²) >= 11 is 1.32. The minimum absolute atomic E-state index is 0.0130. The van der Waals surface area contributed by atoms with Gasteiger partial charge >= 0.3 is 0 Å². The molecule has 2 aliphatic heterocycles. The summed E-state index contributed by atoms with van der Waals surface area (Å²) in [4.78, 5) is 25.5. The fraction of sp³-hybridized carbons (Fsp3) is 0.458. The normalized spacial score (nSPS) is 25.4. The van der Waals surface area contributed by atoms with Gasteiger partial charge in [0.05, 0.1) is 18.2 Å². The number of nitrogens with zero attached hydrogens (tertiary/aromatic N) is 3. The highest BCUT2D eigenvalue weighted by atomic mass is 32.1. The van der Waals surface area contributed by atoms with E-state index < -0.39 is 11.8 Å². The van der Waals surface area contributed by atoms with Crippen molar-refractivity contribution < 1.29 is 13.6 Å². The summed E-state index contributed by atoms with van der Waals surface area (Å²) in [6, 6.07) is 7.54. The molecular formula is C24H26F2N6OS. The van der Waals surface area contributed by atoms with Gasteiger partial charge in [-0.25, -0.2) is 18.7 Å². The predicted octanol–water partition coefficient (Wildman–Crippen LogP) is 2.91. The zero-order valence-corrected chi connectivity index (χ0v) is 19.6. The monoisotopic (exact) mass is 484 g/mol. The molecule has 178 valence electrons. The summed E-state index contributed by atoms with van der Waals surface area (Å²) < 4.78 is 28.2. The molecule has 3 atom stereocenters. The third-order valence-electron chi connectivity index (χ3n) is 7.31. The number of alkyl halides is 2. The average molecular weight is 485 g/mol. The highest BCUT2D eigenvalue weighted by Gasteiger charge is 2.54. The molecule has 0 bridgehead atoms. The number of halogens is 2. The van der Waals surface area contributed by atoms with Crippen molar-refractivity contribution in [1.82, 2.24) is 20.6 Å². The van der Waals surface area contributed by atoms with Crippen molar-refractivity contribution in [1.29, 1.82) is 0 Å². The van der Waals surface area contributed by atoms with Crippen molar-refractivity contribution >= 4 is 39.0 Å². The first-order valence-corrected chi connectivity index (χ1v) is 12.4. The number of nitrogens with one attached hydrogen (secondary N) is 2. The van der Waals surface area contributed by atoms with E-state index >= 15 is 0 Å². The fourth-order valence-corrected chi connectivity index (χ4v) is 6.47. The summed E-state index contributed by atoms with van der Waals surface area (Å²) in [5.41, 5.74) is 9.68. The largest absolute Gasteiger partial charge is 0.397 e. The first-order valence-electron chi connectivity index (χ1n) is 11.6. The van der Waals surface area contributed by atoms with Crippen LogP contribution in [0, 0.1) is 12.8 Å². The van der Waals surface area contributed by atoms with Gasteiger partial charge in [0.1, 0.15) is 15.5 Å². The molecule has 10 heteroatoms. The van der Waals surface area contributed by atoms with Gasteiger partial charge in [0.25, 0.3) is 11.8 Å². The second-order valence-electron chi connectivity index (χ2n) is 9.60. The number of nitrogens with two attached hydrogens (primary N) is 1. The third-order valence-corrected chi connectivity index (χ3v) is 8.42. The Morgan fingerprint density at radius 1 is 1.26 bits per heavy atom. The standard InChI is InChI=1S/C24H26F2N6OS/c1-12-2-5-15-20(27)21(34-23(15)29-12)22(33)30-14-4-6-17-13(8-14)3-7-19(31-17)32-9-16-18(10-32)28-11-24(16,25)26/h2-3,5,7,14,16,18,28H,4,6,8-11,27H2,1H3,(H,30,33)/t14-,16+,18-/m0/s1. The highest BCUT2D eigenvalue weighted by molar-refractivity contribution is 7.21. The molecule has 5 heterocycles. The fourth-order valence-electron chi connectivity index (χ4n) is 5.43. The molecule has 3 aliphatic rings. The van der Waals surface area contributed by atoms with Gasteiger partial charge in [0.15, 0.2) is 0 Å². The van der Waals surface area contributed by atoms with Crippen LogP contribution >= 0.6 is 11.3 Å². The van der Waals surface area contributed by atoms with E-state index in [1.54, 1.807) is 0 Å². The lowest BCUT2D eigenvalue weighted by atomic mass is 9.91. The van der Waals surface area contributed by atoms with E-state index in [4.69, 9.17) is 10.7 Å². The van der Waals surface area contributed by atoms with Crippen molar-refractivity contribution in [2.45, 2.75) is 44.2 Å². The topological polar surface area (TPSA) is 96.2 Å². The number of pyridine rings is 2. The number of carbonyl (C=O) groups is 1. The number of hydrogen-bond acceptors (Lipinski definition) is 7. The molecule has 0 spiro atoms.